The number of primary amides is 1. The molecule has 2 heterocycles. The van der Waals surface area contributed by atoms with Crippen LogP contribution in [0.2, 0.25) is 0 Å². The Morgan fingerprint density at radius 3 is 2.41 bits per heavy atom. The Balaban J connectivity index is 2.14. The average Bonchev–Trinajstić information content (AvgIpc) is 3.00. The van der Waals surface area contributed by atoms with E-state index in [9.17, 15) is 18.0 Å². The minimum atomic E-state index is -4.08. The minimum Gasteiger partial charge on any atom is -0.496 e. The number of urea groups is 2. The third kappa shape index (κ3) is 6.30. The highest BCUT2D eigenvalue weighted by molar-refractivity contribution is 7.92. The number of carbonyl (C=O) groups is 2. The van der Waals surface area contributed by atoms with E-state index in [2.05, 4.69) is 15.6 Å². The Bertz CT molecular complexity index is 1010. The third-order valence-corrected chi connectivity index (χ3v) is 6.65. The summed E-state index contributed by atoms with van der Waals surface area (Å²) in [7, 11) is -1.15. The molecule has 0 aromatic carbocycles. The molecule has 0 atom stereocenters. The summed E-state index contributed by atoms with van der Waals surface area (Å²) in [6, 6.07) is 2.32. The summed E-state index contributed by atoms with van der Waals surface area (Å²) in [5, 5.41) is 4.53. The van der Waals surface area contributed by atoms with Crippen molar-refractivity contribution in [2.24, 2.45) is 5.73 Å². The number of hydrogen-bond acceptors (Lipinski definition) is 8. The number of nitrogens with two attached hydrogens (primary N) is 1. The molecule has 11 nitrogen and oxygen atoms in total. The molecule has 4 amide bonds. The van der Waals surface area contributed by atoms with Gasteiger partial charge in [-0.1, -0.05) is 0 Å². The van der Waals surface area contributed by atoms with Crippen molar-refractivity contribution in [3.63, 3.8) is 0 Å². The van der Waals surface area contributed by atoms with Crippen LogP contribution in [0.5, 0.6) is 5.75 Å². The van der Waals surface area contributed by atoms with Crippen molar-refractivity contribution in [2.75, 3.05) is 31.5 Å². The number of carbonyl (C=O) groups excluding carboxylic acids is 2. The number of pyridine rings is 1. The highest BCUT2D eigenvalue weighted by atomic mass is 32.2. The van der Waals surface area contributed by atoms with Crippen LogP contribution in [-0.2, 0) is 21.2 Å². The summed E-state index contributed by atoms with van der Waals surface area (Å²) in [4.78, 5) is 28.0. The molecule has 0 saturated carbocycles. The Morgan fingerprint density at radius 1 is 1.17 bits per heavy atom. The van der Waals surface area contributed by atoms with Crippen LogP contribution in [0.15, 0.2) is 22.4 Å². The highest BCUT2D eigenvalue weighted by Gasteiger charge is 2.22. The van der Waals surface area contributed by atoms with Crippen molar-refractivity contribution in [1.82, 2.24) is 9.71 Å². The standard InChI is InChI=1S/C16H21N5O6S2/c1-9-6-14(28-11(9)4-5-26-2)29(24,25)21-16(23)20-13-8-10(27-3)7-12(18-13)19-15(17)22/h6-8H,4-5H2,1-3H3,(H5,17,18,19,20,21,22,23). The molecule has 0 aliphatic heterocycles. The van der Waals surface area contributed by atoms with Gasteiger partial charge < -0.3 is 15.2 Å². The molecule has 0 unspecified atom stereocenters. The van der Waals surface area contributed by atoms with Crippen molar-refractivity contribution in [3.05, 3.63) is 28.6 Å². The fourth-order valence-corrected chi connectivity index (χ4v) is 4.73. The maximum absolute atomic E-state index is 12.5. The minimum absolute atomic E-state index is 0.00550. The maximum atomic E-state index is 12.5. The first-order chi connectivity index (χ1) is 13.6. The van der Waals surface area contributed by atoms with Gasteiger partial charge in [0.25, 0.3) is 10.0 Å². The van der Waals surface area contributed by atoms with Gasteiger partial charge in [-0.15, -0.1) is 11.3 Å². The largest absolute Gasteiger partial charge is 0.496 e. The maximum Gasteiger partial charge on any atom is 0.334 e. The van der Waals surface area contributed by atoms with E-state index in [0.29, 0.717) is 13.0 Å². The average molecular weight is 444 g/mol. The second-order valence-corrected chi connectivity index (χ2v) is 8.79. The van der Waals surface area contributed by atoms with E-state index in [0.717, 1.165) is 21.8 Å². The Kier molecular flexibility index (Phi) is 7.36. The number of anilines is 2. The Morgan fingerprint density at radius 2 is 1.83 bits per heavy atom. The number of nitrogens with zero attached hydrogens (tertiary/aromatic N) is 1. The van der Waals surface area contributed by atoms with Crippen molar-refractivity contribution in [1.29, 1.82) is 0 Å². The highest BCUT2D eigenvalue weighted by Crippen LogP contribution is 2.26. The second-order valence-electron chi connectivity index (χ2n) is 5.74. The Hall–Kier alpha value is -2.90. The number of amides is 4. The van der Waals surface area contributed by atoms with Gasteiger partial charge in [0.1, 0.15) is 21.6 Å². The van der Waals surface area contributed by atoms with Crippen LogP contribution in [0.3, 0.4) is 0 Å². The number of nitrogens with one attached hydrogen (secondary N) is 3. The van der Waals surface area contributed by atoms with Crippen LogP contribution < -0.4 is 25.8 Å². The van der Waals surface area contributed by atoms with E-state index in [1.807, 2.05) is 4.72 Å². The van der Waals surface area contributed by atoms with Crippen molar-refractivity contribution < 1.29 is 27.5 Å². The summed E-state index contributed by atoms with van der Waals surface area (Å²) >= 11 is 1.06. The Labute approximate surface area is 171 Å². The molecule has 5 N–H and O–H groups in total. The number of thiophene rings is 1. The van der Waals surface area contributed by atoms with E-state index in [4.69, 9.17) is 15.2 Å². The van der Waals surface area contributed by atoms with Crippen LogP contribution in [0.1, 0.15) is 10.4 Å². The van der Waals surface area contributed by atoms with Gasteiger partial charge in [0, 0.05) is 30.5 Å². The predicted molar refractivity (Wildman–Crippen MR) is 108 cm³/mol. The van der Waals surface area contributed by atoms with Gasteiger partial charge in [-0.05, 0) is 18.6 Å². The molecule has 13 heteroatoms. The molecule has 158 valence electrons. The topological polar surface area (TPSA) is 162 Å². The fourth-order valence-electron chi connectivity index (χ4n) is 2.26. The zero-order valence-electron chi connectivity index (χ0n) is 15.9. The van der Waals surface area contributed by atoms with Gasteiger partial charge in [-0.2, -0.15) is 0 Å². The first kappa shape index (κ1) is 22.4. The first-order valence-electron chi connectivity index (χ1n) is 8.19. The van der Waals surface area contributed by atoms with Crippen molar-refractivity contribution in [3.8, 4) is 5.75 Å². The lowest BCUT2D eigenvalue weighted by molar-refractivity contribution is 0.203. The summed E-state index contributed by atoms with van der Waals surface area (Å²) in [5.41, 5.74) is 5.84. The molecule has 0 fully saturated rings. The quantitative estimate of drug-likeness (QED) is 0.482. The zero-order valence-corrected chi connectivity index (χ0v) is 17.6. The SMILES string of the molecule is COCCc1sc(S(=O)(=O)NC(=O)Nc2cc(OC)cc(NC(N)=O)n2)cc1C. The van der Waals surface area contributed by atoms with Gasteiger partial charge in [-0.25, -0.2) is 27.7 Å². The lowest BCUT2D eigenvalue weighted by atomic mass is 10.2. The fraction of sp³-hybridized carbons (Fsp3) is 0.312. The molecule has 2 aromatic heterocycles. The van der Waals surface area contributed by atoms with Crippen LogP contribution in [-0.4, -0.2) is 46.3 Å². The lowest BCUT2D eigenvalue weighted by Gasteiger charge is -2.10. The number of methoxy groups -OCH3 is 2. The van der Waals surface area contributed by atoms with E-state index in [1.54, 1.807) is 14.0 Å². The van der Waals surface area contributed by atoms with Crippen LogP contribution in [0.4, 0.5) is 21.2 Å². The van der Waals surface area contributed by atoms with Gasteiger partial charge >= 0.3 is 12.1 Å². The van der Waals surface area contributed by atoms with Gasteiger partial charge in [0.05, 0.1) is 13.7 Å². The molecule has 0 radical (unpaired) electrons. The number of hydrogen-bond donors (Lipinski definition) is 4. The number of aromatic nitrogens is 1. The molecule has 2 aromatic rings. The smallest absolute Gasteiger partial charge is 0.334 e. The first-order valence-corrected chi connectivity index (χ1v) is 10.5. The molecule has 0 aliphatic carbocycles. The summed E-state index contributed by atoms with van der Waals surface area (Å²) < 4.78 is 37.0. The van der Waals surface area contributed by atoms with E-state index in [1.165, 1.54) is 25.3 Å². The molecular formula is C16H21N5O6S2. The third-order valence-electron chi connectivity index (χ3n) is 3.55. The molecule has 0 saturated heterocycles. The number of ether oxygens (including phenoxy) is 2. The van der Waals surface area contributed by atoms with Crippen LogP contribution >= 0.6 is 11.3 Å². The zero-order chi connectivity index (χ0) is 21.6. The number of sulfonamides is 1. The van der Waals surface area contributed by atoms with Gasteiger partial charge in [-0.3, -0.25) is 10.6 Å². The van der Waals surface area contributed by atoms with Crippen LogP contribution in [0.25, 0.3) is 0 Å². The summed E-state index contributed by atoms with van der Waals surface area (Å²) in [5.74, 6) is 0.231. The van der Waals surface area contributed by atoms with Gasteiger partial charge in [0.15, 0.2) is 0 Å². The lowest BCUT2D eigenvalue weighted by Crippen LogP contribution is -2.34. The molecule has 29 heavy (non-hydrogen) atoms. The monoisotopic (exact) mass is 443 g/mol. The second kappa shape index (κ2) is 9.54. The molecular weight excluding hydrogens is 422 g/mol. The number of rotatable bonds is 8. The summed E-state index contributed by atoms with van der Waals surface area (Å²) in [6.45, 7) is 2.24. The van der Waals surface area contributed by atoms with E-state index >= 15 is 0 Å². The molecule has 0 bridgehead atoms. The van der Waals surface area contributed by atoms with Gasteiger partial charge in [0.2, 0.25) is 0 Å². The van der Waals surface area contributed by atoms with Crippen LogP contribution in [0, 0.1) is 6.92 Å². The molecule has 0 spiro atoms. The normalized spacial score (nSPS) is 11.0. The molecule has 2 rings (SSSR count). The van der Waals surface area contributed by atoms with E-state index in [-0.39, 0.29) is 21.6 Å². The number of aryl methyl sites for hydroxylation is 1. The van der Waals surface area contributed by atoms with Crippen molar-refractivity contribution in [2.45, 2.75) is 17.6 Å². The van der Waals surface area contributed by atoms with Crippen molar-refractivity contribution >= 4 is 45.1 Å². The molecule has 0 aliphatic rings. The predicted octanol–water partition coefficient (Wildman–Crippen LogP) is 1.65. The van der Waals surface area contributed by atoms with E-state index < -0.39 is 22.1 Å². The summed E-state index contributed by atoms with van der Waals surface area (Å²) in [6.07, 6.45) is 0.568.